The molecule has 1 aliphatic rings. The van der Waals surface area contributed by atoms with Crippen LogP contribution in [0.4, 0.5) is 0 Å². The van der Waals surface area contributed by atoms with Crippen molar-refractivity contribution in [2.75, 3.05) is 6.61 Å². The molecule has 1 fully saturated rings. The highest BCUT2D eigenvalue weighted by atomic mass is 16.5. The molecule has 1 rings (SSSR count). The minimum atomic E-state index is -0.777. The summed E-state index contributed by atoms with van der Waals surface area (Å²) in [5.41, 5.74) is 0. The van der Waals surface area contributed by atoms with Crippen LogP contribution in [0.1, 0.15) is 13.8 Å². The molecule has 12 heavy (non-hydrogen) atoms. The Morgan fingerprint density at radius 2 is 1.75 bits per heavy atom. The molecular formula is C8H16O4. The molecule has 1 heterocycles. The first-order chi connectivity index (χ1) is 5.57. The maximum Gasteiger partial charge on any atom is 0.107 e. The molecule has 0 aromatic carbocycles. The quantitative estimate of drug-likeness (QED) is 0.485. The van der Waals surface area contributed by atoms with Crippen molar-refractivity contribution in [1.29, 1.82) is 0 Å². The van der Waals surface area contributed by atoms with Crippen LogP contribution in [-0.2, 0) is 4.74 Å². The van der Waals surface area contributed by atoms with Crippen LogP contribution < -0.4 is 0 Å². The summed E-state index contributed by atoms with van der Waals surface area (Å²) < 4.78 is 5.18. The summed E-state index contributed by atoms with van der Waals surface area (Å²) in [6.07, 6.45) is -2.30. The smallest absolute Gasteiger partial charge is 0.107 e. The average Bonchev–Trinajstić information content (AvgIpc) is 2.08. The molecular weight excluding hydrogens is 160 g/mol. The molecule has 0 radical (unpaired) electrons. The molecule has 0 amide bonds. The van der Waals surface area contributed by atoms with Crippen molar-refractivity contribution in [2.24, 2.45) is 5.92 Å². The first kappa shape index (κ1) is 9.92. The Kier molecular flexibility index (Phi) is 3.06. The first-order valence-corrected chi connectivity index (χ1v) is 4.20. The van der Waals surface area contributed by atoms with Gasteiger partial charge in [-0.3, -0.25) is 0 Å². The van der Waals surface area contributed by atoms with Crippen molar-refractivity contribution in [2.45, 2.75) is 38.3 Å². The van der Waals surface area contributed by atoms with Crippen molar-refractivity contribution in [3.8, 4) is 0 Å². The second-order valence-corrected chi connectivity index (χ2v) is 3.40. The predicted molar refractivity (Wildman–Crippen MR) is 42.6 cm³/mol. The Balaban J connectivity index is 2.63. The van der Waals surface area contributed by atoms with Crippen LogP contribution >= 0.6 is 0 Å². The number of rotatable bonds is 1. The number of ether oxygens (including phenoxy) is 1. The summed E-state index contributed by atoms with van der Waals surface area (Å²) >= 11 is 0. The Labute approximate surface area is 71.8 Å². The fourth-order valence-electron chi connectivity index (χ4n) is 1.56. The van der Waals surface area contributed by atoms with E-state index in [4.69, 9.17) is 9.84 Å². The van der Waals surface area contributed by atoms with E-state index in [2.05, 4.69) is 0 Å². The van der Waals surface area contributed by atoms with E-state index < -0.39 is 18.3 Å². The summed E-state index contributed by atoms with van der Waals surface area (Å²) in [5, 5.41) is 27.8. The minimum Gasteiger partial charge on any atom is -0.394 e. The van der Waals surface area contributed by atoms with E-state index in [1.165, 1.54) is 0 Å². The summed E-state index contributed by atoms with van der Waals surface area (Å²) in [4.78, 5) is 0. The molecule has 0 aromatic heterocycles. The van der Waals surface area contributed by atoms with Gasteiger partial charge in [0.1, 0.15) is 6.10 Å². The molecule has 4 heteroatoms. The molecule has 1 unspecified atom stereocenters. The standard InChI is InChI=1S/C8H16O4/c1-4-7(10)5(2)12-6(3-9)8(4)11/h4-11H,3H2,1-2H3/t4-,5?,6-,7-,8-/m1/s1. The van der Waals surface area contributed by atoms with Crippen LogP contribution in [0, 0.1) is 5.92 Å². The van der Waals surface area contributed by atoms with Crippen molar-refractivity contribution in [3.63, 3.8) is 0 Å². The largest absolute Gasteiger partial charge is 0.394 e. The monoisotopic (exact) mass is 176 g/mol. The minimum absolute atomic E-state index is 0.206. The van der Waals surface area contributed by atoms with Crippen LogP contribution in [0.25, 0.3) is 0 Å². The van der Waals surface area contributed by atoms with Crippen molar-refractivity contribution < 1.29 is 20.1 Å². The molecule has 1 aliphatic heterocycles. The lowest BCUT2D eigenvalue weighted by atomic mass is 9.88. The third kappa shape index (κ3) is 1.61. The van der Waals surface area contributed by atoms with Gasteiger partial charge >= 0.3 is 0 Å². The highest BCUT2D eigenvalue weighted by Crippen LogP contribution is 2.25. The Morgan fingerprint density at radius 3 is 2.25 bits per heavy atom. The molecule has 0 aliphatic carbocycles. The number of hydrogen-bond acceptors (Lipinski definition) is 4. The van der Waals surface area contributed by atoms with Gasteiger partial charge in [0.05, 0.1) is 24.9 Å². The molecule has 4 nitrogen and oxygen atoms in total. The topological polar surface area (TPSA) is 69.9 Å². The second kappa shape index (κ2) is 3.70. The first-order valence-electron chi connectivity index (χ1n) is 4.20. The summed E-state index contributed by atoms with van der Waals surface area (Å²) in [6, 6.07) is 0. The number of aliphatic hydroxyl groups excluding tert-OH is 3. The fraction of sp³-hybridized carbons (Fsp3) is 1.00. The van der Waals surface area contributed by atoms with E-state index >= 15 is 0 Å². The average molecular weight is 176 g/mol. The predicted octanol–water partition coefficient (Wildman–Crippen LogP) is -0.876. The molecule has 1 saturated heterocycles. The summed E-state index contributed by atoms with van der Waals surface area (Å²) in [5.74, 6) is -0.245. The van der Waals surface area contributed by atoms with E-state index in [1.807, 2.05) is 0 Å². The third-order valence-corrected chi connectivity index (χ3v) is 2.51. The number of hydrogen-bond donors (Lipinski definition) is 3. The lowest BCUT2D eigenvalue weighted by Crippen LogP contribution is -2.53. The molecule has 5 atom stereocenters. The zero-order valence-electron chi connectivity index (χ0n) is 7.34. The van der Waals surface area contributed by atoms with Crippen molar-refractivity contribution in [3.05, 3.63) is 0 Å². The Bertz CT molecular complexity index is 145. The van der Waals surface area contributed by atoms with E-state index in [1.54, 1.807) is 13.8 Å². The normalized spacial score (nSPS) is 49.2. The van der Waals surface area contributed by atoms with Crippen molar-refractivity contribution >= 4 is 0 Å². The number of aliphatic hydroxyl groups is 3. The summed E-state index contributed by atoms with van der Waals surface area (Å²) in [6.45, 7) is 3.27. The van der Waals surface area contributed by atoms with Gasteiger partial charge in [0.25, 0.3) is 0 Å². The molecule has 0 aromatic rings. The molecule has 72 valence electrons. The zero-order chi connectivity index (χ0) is 9.30. The highest BCUT2D eigenvalue weighted by Gasteiger charge is 2.39. The van der Waals surface area contributed by atoms with Gasteiger partial charge in [0, 0.05) is 5.92 Å². The van der Waals surface area contributed by atoms with E-state index in [0.29, 0.717) is 0 Å². The lowest BCUT2D eigenvalue weighted by Gasteiger charge is -2.39. The molecule has 0 bridgehead atoms. The van der Waals surface area contributed by atoms with Crippen LogP contribution in [0.15, 0.2) is 0 Å². The van der Waals surface area contributed by atoms with Crippen LogP contribution in [0.2, 0.25) is 0 Å². The molecule has 0 saturated carbocycles. The SMILES string of the molecule is CC1O[C@H](CO)[C@H](O)[C@H](C)[C@H]1O. The van der Waals surface area contributed by atoms with Gasteiger partial charge in [0.2, 0.25) is 0 Å². The molecule has 0 spiro atoms. The van der Waals surface area contributed by atoms with Crippen LogP contribution in [-0.4, -0.2) is 46.3 Å². The van der Waals surface area contributed by atoms with Crippen molar-refractivity contribution in [1.82, 2.24) is 0 Å². The second-order valence-electron chi connectivity index (χ2n) is 3.40. The van der Waals surface area contributed by atoms with Crippen LogP contribution in [0.3, 0.4) is 0 Å². The van der Waals surface area contributed by atoms with Gasteiger partial charge in [-0.05, 0) is 6.92 Å². The Morgan fingerprint density at radius 1 is 1.17 bits per heavy atom. The van der Waals surface area contributed by atoms with Gasteiger partial charge in [-0.15, -0.1) is 0 Å². The maximum atomic E-state index is 9.48. The summed E-state index contributed by atoms with van der Waals surface area (Å²) in [7, 11) is 0. The highest BCUT2D eigenvalue weighted by molar-refractivity contribution is 4.87. The van der Waals surface area contributed by atoms with E-state index in [0.717, 1.165) is 0 Å². The van der Waals surface area contributed by atoms with Gasteiger partial charge in [-0.25, -0.2) is 0 Å². The van der Waals surface area contributed by atoms with E-state index in [-0.39, 0.29) is 18.6 Å². The van der Waals surface area contributed by atoms with Gasteiger partial charge in [-0.1, -0.05) is 6.92 Å². The molecule has 3 N–H and O–H groups in total. The van der Waals surface area contributed by atoms with Gasteiger partial charge < -0.3 is 20.1 Å². The Hall–Kier alpha value is -0.160. The van der Waals surface area contributed by atoms with E-state index in [9.17, 15) is 10.2 Å². The van der Waals surface area contributed by atoms with Gasteiger partial charge in [-0.2, -0.15) is 0 Å². The fourth-order valence-corrected chi connectivity index (χ4v) is 1.56. The van der Waals surface area contributed by atoms with Crippen LogP contribution in [0.5, 0.6) is 0 Å². The lowest BCUT2D eigenvalue weighted by molar-refractivity contribution is -0.199. The maximum absolute atomic E-state index is 9.48. The zero-order valence-corrected chi connectivity index (χ0v) is 7.34. The third-order valence-electron chi connectivity index (χ3n) is 2.51. The van der Waals surface area contributed by atoms with Gasteiger partial charge in [0.15, 0.2) is 0 Å².